The molecule has 0 radical (unpaired) electrons. The van der Waals surface area contributed by atoms with Crippen LogP contribution in [0.25, 0.3) is 5.57 Å². The van der Waals surface area contributed by atoms with Gasteiger partial charge in [-0.05, 0) is 43.3 Å². The molecule has 0 aliphatic carbocycles. The minimum absolute atomic E-state index is 0. The maximum Gasteiger partial charge on any atom is 1.00 e. The highest BCUT2D eigenvalue weighted by Gasteiger charge is 2.17. The Labute approximate surface area is 140 Å². The van der Waals surface area contributed by atoms with E-state index in [0.717, 1.165) is 18.7 Å². The Balaban J connectivity index is 0.00000132. The number of ether oxygens (including phenoxy) is 1. The van der Waals surface area contributed by atoms with Crippen molar-refractivity contribution in [3.05, 3.63) is 71.3 Å². The highest BCUT2D eigenvalue weighted by Crippen LogP contribution is 2.36. The summed E-state index contributed by atoms with van der Waals surface area (Å²) in [6.45, 7) is 1.69. The minimum Gasteiger partial charge on any atom is -1.00 e. The topological polar surface area (TPSA) is 12.5 Å². The first-order valence-electron chi connectivity index (χ1n) is 7.41. The van der Waals surface area contributed by atoms with Crippen LogP contribution in [-0.4, -0.2) is 25.5 Å². The van der Waals surface area contributed by atoms with Gasteiger partial charge in [-0.15, -0.1) is 0 Å². The zero-order chi connectivity index (χ0) is 14.7. The van der Waals surface area contributed by atoms with Crippen molar-refractivity contribution in [3.63, 3.8) is 0 Å². The molecule has 0 aromatic heterocycles. The van der Waals surface area contributed by atoms with Crippen LogP contribution < -0.4 is 17.1 Å². The second-order valence-corrected chi connectivity index (χ2v) is 5.65. The van der Waals surface area contributed by atoms with E-state index in [1.54, 1.807) is 0 Å². The van der Waals surface area contributed by atoms with Gasteiger partial charge < -0.3 is 22.0 Å². The number of halogens is 1. The first-order valence-corrected chi connectivity index (χ1v) is 7.41. The maximum atomic E-state index is 5.98. The van der Waals surface area contributed by atoms with E-state index in [1.165, 1.54) is 22.3 Å². The summed E-state index contributed by atoms with van der Waals surface area (Å²) in [5, 5.41) is 0. The van der Waals surface area contributed by atoms with Crippen molar-refractivity contribution in [3.8, 4) is 5.75 Å². The van der Waals surface area contributed by atoms with Crippen molar-refractivity contribution in [2.24, 2.45) is 0 Å². The van der Waals surface area contributed by atoms with E-state index in [4.69, 9.17) is 4.74 Å². The van der Waals surface area contributed by atoms with Crippen molar-refractivity contribution < 1.29 is 18.6 Å². The molecule has 0 saturated heterocycles. The van der Waals surface area contributed by atoms with E-state index >= 15 is 0 Å². The summed E-state index contributed by atoms with van der Waals surface area (Å²) in [7, 11) is 4.22. The van der Waals surface area contributed by atoms with E-state index in [2.05, 4.69) is 67.5 Å². The van der Waals surface area contributed by atoms with Gasteiger partial charge in [-0.1, -0.05) is 48.5 Å². The van der Waals surface area contributed by atoms with Crippen LogP contribution >= 0.6 is 0 Å². The molecule has 2 aromatic carbocycles. The quantitative estimate of drug-likeness (QED) is 0.840. The number of hydrogen-bond acceptors (Lipinski definition) is 2. The van der Waals surface area contributed by atoms with Gasteiger partial charge in [-0.2, -0.15) is 0 Å². The summed E-state index contributed by atoms with van der Waals surface area (Å²) in [6, 6.07) is 16.9. The molecule has 0 atom stereocenters. The van der Waals surface area contributed by atoms with Gasteiger partial charge in [-0.3, -0.25) is 0 Å². The summed E-state index contributed by atoms with van der Waals surface area (Å²) in [4.78, 5) is 2.21. The van der Waals surface area contributed by atoms with E-state index in [1.807, 2.05) is 6.07 Å². The molecule has 2 nitrogen and oxygen atoms in total. The van der Waals surface area contributed by atoms with Crippen LogP contribution in [0.4, 0.5) is 0 Å². The largest absolute Gasteiger partial charge is 1.00 e. The Bertz CT molecular complexity index is 620. The Morgan fingerprint density at radius 3 is 2.50 bits per heavy atom. The number of nitrogens with zero attached hydrogens (tertiary/aromatic N) is 1. The highest BCUT2D eigenvalue weighted by atomic mass is 35.5. The molecule has 0 unspecified atom stereocenters. The lowest BCUT2D eigenvalue weighted by Crippen LogP contribution is -3.00. The monoisotopic (exact) mass is 315 g/mol. The molecule has 3 heteroatoms. The smallest absolute Gasteiger partial charge is 1.00 e. The van der Waals surface area contributed by atoms with Gasteiger partial charge in [0.2, 0.25) is 0 Å². The second kappa shape index (κ2) is 7.48. The molecule has 0 N–H and O–H groups in total. The van der Waals surface area contributed by atoms with Crippen molar-refractivity contribution in [1.82, 2.24) is 4.90 Å². The van der Waals surface area contributed by atoms with Gasteiger partial charge in [0, 0.05) is 12.1 Å². The predicted octanol–water partition coefficient (Wildman–Crippen LogP) is 1.08. The van der Waals surface area contributed by atoms with Crippen molar-refractivity contribution in [2.45, 2.75) is 13.0 Å². The number of benzene rings is 2. The molecule has 0 saturated carbocycles. The van der Waals surface area contributed by atoms with Gasteiger partial charge in [0.15, 0.2) is 0 Å². The molecule has 1 aliphatic rings. The third-order valence-electron chi connectivity index (χ3n) is 3.79. The number of hydrogen-bond donors (Lipinski definition) is 0. The normalized spacial score (nSPS) is 14.6. The molecule has 2 aromatic rings. The van der Waals surface area contributed by atoms with Crippen LogP contribution in [0.15, 0.2) is 54.6 Å². The van der Waals surface area contributed by atoms with E-state index in [0.29, 0.717) is 6.61 Å². The van der Waals surface area contributed by atoms with Crippen LogP contribution in [0.1, 0.15) is 24.5 Å². The fourth-order valence-electron chi connectivity index (χ4n) is 2.71. The lowest BCUT2D eigenvalue weighted by molar-refractivity contribution is -0.00000462. The molecule has 0 amide bonds. The van der Waals surface area contributed by atoms with Crippen molar-refractivity contribution in [2.75, 3.05) is 20.6 Å². The minimum atomic E-state index is 0. The van der Waals surface area contributed by atoms with E-state index < -0.39 is 0 Å². The lowest BCUT2D eigenvalue weighted by Gasteiger charge is -2.12. The molecule has 1 heterocycles. The Kier molecular flexibility index (Phi) is 5.64. The first kappa shape index (κ1) is 16.6. The Morgan fingerprint density at radius 1 is 1.05 bits per heavy atom. The molecule has 0 spiro atoms. The molecule has 22 heavy (non-hydrogen) atoms. The summed E-state index contributed by atoms with van der Waals surface area (Å²) in [5.74, 6) is 0.977. The fourth-order valence-corrected chi connectivity index (χ4v) is 2.71. The Morgan fingerprint density at radius 2 is 1.73 bits per heavy atom. The summed E-state index contributed by atoms with van der Waals surface area (Å²) in [6.07, 6.45) is 3.37. The predicted molar refractivity (Wildman–Crippen MR) is 88.6 cm³/mol. The SMILES string of the molecule is CN(C)CC/C=C1\c2ccccc2COc2ccccc21.[Cl-].[H+]. The van der Waals surface area contributed by atoms with Gasteiger partial charge in [-0.25, -0.2) is 0 Å². The average Bonchev–Trinajstić information content (AvgIpc) is 2.65. The average molecular weight is 316 g/mol. The Hall–Kier alpha value is -1.77. The zero-order valence-electron chi connectivity index (χ0n) is 14.1. The molecule has 0 bridgehead atoms. The second-order valence-electron chi connectivity index (χ2n) is 5.65. The van der Waals surface area contributed by atoms with Crippen LogP contribution in [0.3, 0.4) is 0 Å². The van der Waals surface area contributed by atoms with Crippen LogP contribution in [0.5, 0.6) is 5.75 Å². The summed E-state index contributed by atoms with van der Waals surface area (Å²) < 4.78 is 5.98. The van der Waals surface area contributed by atoms with E-state index in [-0.39, 0.29) is 13.8 Å². The molecule has 0 fully saturated rings. The molecule has 116 valence electrons. The lowest BCUT2D eigenvalue weighted by atomic mass is 9.93. The zero-order valence-corrected chi connectivity index (χ0v) is 13.8. The third kappa shape index (κ3) is 3.52. The summed E-state index contributed by atoms with van der Waals surface area (Å²) in [5.41, 5.74) is 5.03. The molecular formula is C19H22ClNO. The maximum absolute atomic E-state index is 5.98. The highest BCUT2D eigenvalue weighted by molar-refractivity contribution is 5.84. The van der Waals surface area contributed by atoms with Crippen molar-refractivity contribution >= 4 is 5.57 Å². The van der Waals surface area contributed by atoms with Crippen LogP contribution in [0.2, 0.25) is 0 Å². The molecule has 1 aliphatic heterocycles. The van der Waals surface area contributed by atoms with Crippen LogP contribution in [-0.2, 0) is 6.61 Å². The van der Waals surface area contributed by atoms with Gasteiger partial charge >= 0.3 is 1.43 Å². The number of rotatable bonds is 3. The fraction of sp³-hybridized carbons (Fsp3) is 0.263. The van der Waals surface area contributed by atoms with Crippen molar-refractivity contribution in [1.29, 1.82) is 0 Å². The van der Waals surface area contributed by atoms with Gasteiger partial charge in [0.25, 0.3) is 0 Å². The van der Waals surface area contributed by atoms with Gasteiger partial charge in [0.1, 0.15) is 12.4 Å². The number of fused-ring (bicyclic) bond motifs is 2. The third-order valence-corrected chi connectivity index (χ3v) is 3.79. The summed E-state index contributed by atoms with van der Waals surface area (Å²) >= 11 is 0. The first-order chi connectivity index (χ1) is 10.3. The number of para-hydroxylation sites is 1. The molecule has 3 rings (SSSR count). The standard InChI is InChI=1S/C19H21NO.ClH/c1-20(2)13-7-11-17-16-9-4-3-8-15(16)14-21-19-12-6-5-10-18(17)19;/h3-6,8-12H,7,13-14H2,1-2H3;1H/b17-11+;. The van der Waals surface area contributed by atoms with Crippen LogP contribution in [0, 0.1) is 0 Å². The van der Waals surface area contributed by atoms with Gasteiger partial charge in [0.05, 0.1) is 0 Å². The van der Waals surface area contributed by atoms with E-state index in [9.17, 15) is 0 Å². The molecular weight excluding hydrogens is 294 g/mol.